The van der Waals surface area contributed by atoms with Gasteiger partial charge in [0.2, 0.25) is 0 Å². The van der Waals surface area contributed by atoms with Crippen molar-refractivity contribution in [3.05, 3.63) is 69.9 Å². The molecule has 24 heavy (non-hydrogen) atoms. The van der Waals surface area contributed by atoms with Gasteiger partial charge in [-0.2, -0.15) is 0 Å². The summed E-state index contributed by atoms with van der Waals surface area (Å²) in [5, 5.41) is 19.7. The molecule has 0 atom stereocenters. The molecule has 0 aliphatic heterocycles. The molecule has 124 valence electrons. The lowest BCUT2D eigenvalue weighted by Crippen LogP contribution is -2.15. The maximum atomic E-state index is 13.0. The minimum absolute atomic E-state index is 0.288. The first kappa shape index (κ1) is 17.0. The monoisotopic (exact) mass is 346 g/mol. The fourth-order valence-corrected chi connectivity index (χ4v) is 3.14. The van der Waals surface area contributed by atoms with Gasteiger partial charge in [0, 0.05) is 10.6 Å². The van der Waals surface area contributed by atoms with E-state index in [1.807, 2.05) is 0 Å². The average Bonchev–Trinajstić information content (AvgIpc) is 3.05. The summed E-state index contributed by atoms with van der Waals surface area (Å²) in [7, 11) is -1.47. The molecule has 0 fully saturated rings. The Morgan fingerprint density at radius 3 is 2.54 bits per heavy atom. The Hall–Kier alpha value is -1.82. The topological polar surface area (TPSA) is 49.7 Å². The summed E-state index contributed by atoms with van der Waals surface area (Å²) >= 11 is 6.11. The van der Waals surface area contributed by atoms with Crippen LogP contribution in [0.1, 0.15) is 30.4 Å². The molecule has 3 rings (SSSR count). The summed E-state index contributed by atoms with van der Waals surface area (Å²) in [6.07, 6.45) is 2.27. The van der Waals surface area contributed by atoms with Crippen LogP contribution in [-0.2, 0) is 6.61 Å². The zero-order valence-corrected chi connectivity index (χ0v) is 13.8. The molecule has 2 N–H and O–H groups in total. The molecule has 0 radical (unpaired) electrons. The van der Waals surface area contributed by atoms with Crippen molar-refractivity contribution in [2.24, 2.45) is 0 Å². The molecular weight excluding hydrogens is 329 g/mol. The highest BCUT2D eigenvalue weighted by molar-refractivity contribution is 6.52. The van der Waals surface area contributed by atoms with E-state index in [1.165, 1.54) is 12.1 Å². The van der Waals surface area contributed by atoms with E-state index >= 15 is 0 Å². The minimum Gasteiger partial charge on any atom is -0.488 e. The third-order valence-electron chi connectivity index (χ3n) is 4.15. The van der Waals surface area contributed by atoms with Gasteiger partial charge in [0.1, 0.15) is 18.2 Å². The summed E-state index contributed by atoms with van der Waals surface area (Å²) in [5.41, 5.74) is 3.12. The van der Waals surface area contributed by atoms with Crippen molar-refractivity contribution in [3.63, 3.8) is 0 Å². The van der Waals surface area contributed by atoms with Gasteiger partial charge in [0.15, 0.2) is 0 Å². The molecular formula is C18H17BClFO3. The maximum absolute atomic E-state index is 13.0. The van der Waals surface area contributed by atoms with Crippen LogP contribution < -0.4 is 4.74 Å². The van der Waals surface area contributed by atoms with Gasteiger partial charge in [-0.3, -0.25) is 0 Å². The van der Waals surface area contributed by atoms with Crippen LogP contribution >= 0.6 is 11.6 Å². The van der Waals surface area contributed by atoms with E-state index in [2.05, 4.69) is 0 Å². The summed E-state index contributed by atoms with van der Waals surface area (Å²) in [4.78, 5) is 0. The first-order valence-electron chi connectivity index (χ1n) is 7.80. The molecule has 6 heteroatoms. The molecule has 0 aromatic heterocycles. The number of hydrogen-bond acceptors (Lipinski definition) is 3. The van der Waals surface area contributed by atoms with Crippen LogP contribution in [0.25, 0.3) is 5.57 Å². The second-order valence-corrected chi connectivity index (χ2v) is 6.22. The first-order chi connectivity index (χ1) is 11.5. The Labute approximate surface area is 145 Å². The fraction of sp³-hybridized carbons (Fsp3) is 0.222. The lowest BCUT2D eigenvalue weighted by molar-refractivity contribution is 0.305. The number of halogens is 2. The molecule has 1 aliphatic rings. The lowest BCUT2D eigenvalue weighted by Gasteiger charge is -2.15. The lowest BCUT2D eigenvalue weighted by atomic mass is 9.75. The van der Waals surface area contributed by atoms with E-state index in [1.54, 1.807) is 30.3 Å². The third kappa shape index (κ3) is 3.81. The van der Waals surface area contributed by atoms with Crippen molar-refractivity contribution in [3.8, 4) is 5.75 Å². The number of hydrogen-bond donors (Lipinski definition) is 2. The second kappa shape index (κ2) is 7.39. The smallest absolute Gasteiger partial charge is 0.484 e. The van der Waals surface area contributed by atoms with E-state index in [0.29, 0.717) is 29.3 Å². The second-order valence-electron chi connectivity index (χ2n) is 5.79. The standard InChI is InChI=1S/C18H17BClFO3/c20-13-6-9-18(24-11-12-4-7-14(21)8-5-12)16(10-13)15-2-1-3-17(15)19(22)23/h4-10,22-23H,1-3,11H2. The van der Waals surface area contributed by atoms with Crippen LogP contribution in [0.4, 0.5) is 4.39 Å². The molecule has 0 saturated heterocycles. The van der Waals surface area contributed by atoms with Crippen LogP contribution in [-0.4, -0.2) is 17.2 Å². The maximum Gasteiger partial charge on any atom is 0.484 e. The summed E-state index contributed by atoms with van der Waals surface area (Å²) in [6, 6.07) is 11.4. The van der Waals surface area contributed by atoms with Gasteiger partial charge < -0.3 is 14.8 Å². The molecule has 0 bridgehead atoms. The van der Waals surface area contributed by atoms with Crippen molar-refractivity contribution in [1.29, 1.82) is 0 Å². The van der Waals surface area contributed by atoms with Crippen LogP contribution in [0.3, 0.4) is 0 Å². The van der Waals surface area contributed by atoms with Gasteiger partial charge in [0.05, 0.1) is 0 Å². The third-order valence-corrected chi connectivity index (χ3v) is 4.38. The highest BCUT2D eigenvalue weighted by atomic mass is 35.5. The zero-order chi connectivity index (χ0) is 17.1. The molecule has 2 aromatic carbocycles. The SMILES string of the molecule is OB(O)C1=C(c2cc(Cl)ccc2OCc2ccc(F)cc2)CCC1. The Morgan fingerprint density at radius 1 is 1.08 bits per heavy atom. The van der Waals surface area contributed by atoms with Gasteiger partial charge in [0.25, 0.3) is 0 Å². The van der Waals surface area contributed by atoms with E-state index in [0.717, 1.165) is 29.5 Å². The van der Waals surface area contributed by atoms with Crippen LogP contribution in [0, 0.1) is 5.82 Å². The van der Waals surface area contributed by atoms with Crippen molar-refractivity contribution in [1.82, 2.24) is 0 Å². The van der Waals surface area contributed by atoms with Gasteiger partial charge >= 0.3 is 7.12 Å². The van der Waals surface area contributed by atoms with Crippen LogP contribution in [0.15, 0.2) is 47.9 Å². The van der Waals surface area contributed by atoms with E-state index < -0.39 is 7.12 Å². The predicted molar refractivity (Wildman–Crippen MR) is 93.1 cm³/mol. The molecule has 0 heterocycles. The van der Waals surface area contributed by atoms with Crippen molar-refractivity contribution < 1.29 is 19.2 Å². The number of allylic oxidation sites excluding steroid dienone is 2. The quantitative estimate of drug-likeness (QED) is 0.804. The minimum atomic E-state index is -1.47. The van der Waals surface area contributed by atoms with E-state index in [4.69, 9.17) is 16.3 Å². The van der Waals surface area contributed by atoms with Crippen LogP contribution in [0.5, 0.6) is 5.75 Å². The highest BCUT2D eigenvalue weighted by Gasteiger charge is 2.26. The van der Waals surface area contributed by atoms with Crippen LogP contribution in [0.2, 0.25) is 5.02 Å². The number of benzene rings is 2. The average molecular weight is 347 g/mol. The van der Waals surface area contributed by atoms with Gasteiger partial charge in [-0.1, -0.05) is 23.7 Å². The molecule has 0 saturated carbocycles. The Balaban J connectivity index is 1.88. The first-order valence-corrected chi connectivity index (χ1v) is 8.17. The fourth-order valence-electron chi connectivity index (χ4n) is 2.97. The number of ether oxygens (including phenoxy) is 1. The Kier molecular flexibility index (Phi) is 5.24. The molecule has 0 unspecified atom stereocenters. The van der Waals surface area contributed by atoms with E-state index in [9.17, 15) is 14.4 Å². The summed E-state index contributed by atoms with van der Waals surface area (Å²) in [6.45, 7) is 0.291. The molecule has 0 spiro atoms. The number of rotatable bonds is 5. The van der Waals surface area contributed by atoms with Crippen molar-refractivity contribution >= 4 is 24.3 Å². The van der Waals surface area contributed by atoms with Gasteiger partial charge in [-0.05, 0) is 66.2 Å². The zero-order valence-electron chi connectivity index (χ0n) is 13.0. The summed E-state index contributed by atoms with van der Waals surface area (Å²) in [5.74, 6) is 0.336. The van der Waals surface area contributed by atoms with Crippen molar-refractivity contribution in [2.45, 2.75) is 25.9 Å². The highest BCUT2D eigenvalue weighted by Crippen LogP contribution is 2.39. The Bertz CT molecular complexity index is 759. The summed E-state index contributed by atoms with van der Waals surface area (Å²) < 4.78 is 18.9. The van der Waals surface area contributed by atoms with Gasteiger partial charge in [-0.25, -0.2) is 4.39 Å². The van der Waals surface area contributed by atoms with E-state index in [-0.39, 0.29) is 5.82 Å². The largest absolute Gasteiger partial charge is 0.488 e. The predicted octanol–water partition coefficient (Wildman–Crippen LogP) is 4.01. The molecule has 3 nitrogen and oxygen atoms in total. The molecule has 2 aromatic rings. The molecule has 0 amide bonds. The normalized spacial score (nSPS) is 14.2. The Morgan fingerprint density at radius 2 is 1.83 bits per heavy atom. The van der Waals surface area contributed by atoms with Crippen molar-refractivity contribution in [2.75, 3.05) is 0 Å². The van der Waals surface area contributed by atoms with Gasteiger partial charge in [-0.15, -0.1) is 0 Å². The molecule has 1 aliphatic carbocycles.